The van der Waals surface area contributed by atoms with Crippen LogP contribution in [-0.2, 0) is 4.79 Å². The first-order valence-electron chi connectivity index (χ1n) is 8.68. The molecule has 1 aromatic heterocycles. The molecule has 0 radical (unpaired) electrons. The summed E-state index contributed by atoms with van der Waals surface area (Å²) >= 11 is 0. The Balaban J connectivity index is 1.76. The summed E-state index contributed by atoms with van der Waals surface area (Å²) in [4.78, 5) is 28.1. The normalized spacial score (nSPS) is 15.3. The van der Waals surface area contributed by atoms with Crippen molar-refractivity contribution in [1.82, 2.24) is 4.98 Å². The van der Waals surface area contributed by atoms with Crippen LogP contribution < -0.4 is 4.90 Å². The number of carbonyl (C=O) groups is 1. The summed E-state index contributed by atoms with van der Waals surface area (Å²) in [5.41, 5.74) is 2.61. The van der Waals surface area contributed by atoms with Gasteiger partial charge in [-0.15, -0.1) is 0 Å². The summed E-state index contributed by atoms with van der Waals surface area (Å²) in [6.45, 7) is 2.15. The van der Waals surface area contributed by atoms with Gasteiger partial charge in [0.1, 0.15) is 5.82 Å². The smallest absolute Gasteiger partial charge is 0.328 e. The number of hydrogen-bond donors (Lipinski definition) is 1. The van der Waals surface area contributed by atoms with E-state index < -0.39 is 5.97 Å². The van der Waals surface area contributed by atoms with Crippen LogP contribution in [0.5, 0.6) is 0 Å². The van der Waals surface area contributed by atoms with Gasteiger partial charge in [0.05, 0.1) is 12.2 Å². The van der Waals surface area contributed by atoms with Crippen LogP contribution >= 0.6 is 0 Å². The van der Waals surface area contributed by atoms with Crippen LogP contribution in [0, 0.1) is 10.8 Å². The minimum absolute atomic E-state index is 0.379. The van der Waals surface area contributed by atoms with E-state index in [9.17, 15) is 9.70 Å². The van der Waals surface area contributed by atoms with Gasteiger partial charge in [-0.25, -0.2) is 9.78 Å². The van der Waals surface area contributed by atoms with Gasteiger partial charge >= 0.3 is 5.97 Å². The quantitative estimate of drug-likeness (QED) is 0.632. The van der Waals surface area contributed by atoms with E-state index in [-0.39, 0.29) is 0 Å². The predicted octanol–water partition coefficient (Wildman–Crippen LogP) is 3.83. The minimum atomic E-state index is -0.969. The van der Waals surface area contributed by atoms with E-state index in [1.807, 2.05) is 42.5 Å². The molecular weight excluding hydrogens is 330 g/mol. The number of nitrogens with zero attached hydrogens (tertiary/aromatic N) is 3. The lowest BCUT2D eigenvalue weighted by molar-refractivity contribution is -0.131. The van der Waals surface area contributed by atoms with Crippen molar-refractivity contribution in [3.63, 3.8) is 0 Å². The molecule has 0 amide bonds. The van der Waals surface area contributed by atoms with Crippen LogP contribution in [0.1, 0.15) is 18.4 Å². The van der Waals surface area contributed by atoms with Gasteiger partial charge in [-0.1, -0.05) is 29.4 Å². The molecule has 0 aliphatic carbocycles. The molecule has 6 heteroatoms. The lowest BCUT2D eigenvalue weighted by atomic mass is 9.97. The van der Waals surface area contributed by atoms with Gasteiger partial charge in [0, 0.05) is 24.7 Å². The van der Waals surface area contributed by atoms with Gasteiger partial charge in [-0.3, -0.25) is 0 Å². The van der Waals surface area contributed by atoms with Gasteiger partial charge in [-0.2, -0.15) is 4.91 Å². The highest BCUT2D eigenvalue weighted by molar-refractivity contribution is 5.85. The van der Waals surface area contributed by atoms with E-state index in [1.54, 1.807) is 6.08 Å². The molecule has 1 saturated heterocycles. The summed E-state index contributed by atoms with van der Waals surface area (Å²) in [5.74, 6) is 0.333. The number of rotatable bonds is 6. The zero-order valence-corrected chi connectivity index (χ0v) is 14.4. The monoisotopic (exact) mass is 351 g/mol. The highest BCUT2D eigenvalue weighted by Gasteiger charge is 2.20. The summed E-state index contributed by atoms with van der Waals surface area (Å²) < 4.78 is 0. The summed E-state index contributed by atoms with van der Waals surface area (Å²) in [6, 6.07) is 13.6. The zero-order chi connectivity index (χ0) is 18.4. The topological polar surface area (TPSA) is 82.9 Å². The van der Waals surface area contributed by atoms with Crippen molar-refractivity contribution in [2.45, 2.75) is 12.8 Å². The fourth-order valence-electron chi connectivity index (χ4n) is 3.18. The maximum Gasteiger partial charge on any atom is 0.328 e. The average Bonchev–Trinajstić information content (AvgIpc) is 2.68. The second-order valence-corrected chi connectivity index (χ2v) is 6.42. The first kappa shape index (κ1) is 17.8. The Morgan fingerprint density at radius 2 is 2.00 bits per heavy atom. The van der Waals surface area contributed by atoms with Crippen LogP contribution in [0.4, 0.5) is 5.82 Å². The second kappa shape index (κ2) is 8.38. The standard InChI is InChI=1S/C20H21N3O3/c24-20(25)8-7-15-3-1-4-17(13-15)18-5-2-6-19(22-18)23-11-9-16(10-12-23)14-21-26/h1-8,13,16H,9-12,14H2,(H,24,25)/b8-7+. The van der Waals surface area contributed by atoms with Crippen molar-refractivity contribution in [3.8, 4) is 11.3 Å². The highest BCUT2D eigenvalue weighted by Crippen LogP contribution is 2.25. The van der Waals surface area contributed by atoms with Crippen LogP contribution in [-0.4, -0.2) is 35.7 Å². The number of benzene rings is 1. The van der Waals surface area contributed by atoms with Gasteiger partial charge < -0.3 is 10.0 Å². The molecule has 1 aromatic carbocycles. The fraction of sp³-hybridized carbons (Fsp3) is 0.300. The summed E-state index contributed by atoms with van der Waals surface area (Å²) in [6.07, 6.45) is 4.60. The van der Waals surface area contributed by atoms with Crippen LogP contribution in [0.15, 0.2) is 53.7 Å². The van der Waals surface area contributed by atoms with E-state index in [4.69, 9.17) is 10.1 Å². The Morgan fingerprint density at radius 3 is 2.73 bits per heavy atom. The molecule has 1 N–H and O–H groups in total. The first-order valence-corrected chi connectivity index (χ1v) is 8.68. The van der Waals surface area contributed by atoms with E-state index in [0.29, 0.717) is 12.5 Å². The maximum absolute atomic E-state index is 10.7. The highest BCUT2D eigenvalue weighted by atomic mass is 16.4. The third-order valence-corrected chi connectivity index (χ3v) is 4.61. The molecule has 134 valence electrons. The van der Waals surface area contributed by atoms with Crippen molar-refractivity contribution in [2.75, 3.05) is 24.5 Å². The van der Waals surface area contributed by atoms with E-state index >= 15 is 0 Å². The fourth-order valence-corrected chi connectivity index (χ4v) is 3.18. The third kappa shape index (κ3) is 4.53. The molecule has 2 heterocycles. The van der Waals surface area contributed by atoms with Crippen molar-refractivity contribution < 1.29 is 9.90 Å². The van der Waals surface area contributed by atoms with Crippen molar-refractivity contribution in [3.05, 3.63) is 59.0 Å². The van der Waals surface area contributed by atoms with Gasteiger partial charge in [0.25, 0.3) is 0 Å². The average molecular weight is 351 g/mol. The second-order valence-electron chi connectivity index (χ2n) is 6.42. The van der Waals surface area contributed by atoms with Gasteiger partial charge in [0.2, 0.25) is 0 Å². The number of pyridine rings is 1. The lowest BCUT2D eigenvalue weighted by Gasteiger charge is -2.32. The number of aliphatic carboxylic acids is 1. The van der Waals surface area contributed by atoms with Crippen LogP contribution in [0.2, 0.25) is 0 Å². The molecule has 0 bridgehead atoms. The van der Waals surface area contributed by atoms with Gasteiger partial charge in [0.15, 0.2) is 0 Å². The molecule has 1 fully saturated rings. The summed E-state index contributed by atoms with van der Waals surface area (Å²) in [5, 5.41) is 11.8. The minimum Gasteiger partial charge on any atom is -0.478 e. The number of anilines is 1. The molecule has 0 saturated carbocycles. The Bertz CT molecular complexity index is 811. The van der Waals surface area contributed by atoms with E-state index in [2.05, 4.69) is 10.1 Å². The largest absolute Gasteiger partial charge is 0.478 e. The molecule has 1 aliphatic rings. The molecule has 26 heavy (non-hydrogen) atoms. The molecule has 2 aromatic rings. The molecule has 3 rings (SSSR count). The number of piperidine rings is 1. The molecular formula is C20H21N3O3. The molecule has 0 atom stereocenters. The Morgan fingerprint density at radius 1 is 1.23 bits per heavy atom. The van der Waals surface area contributed by atoms with Crippen LogP contribution in [0.25, 0.3) is 17.3 Å². The first-order chi connectivity index (χ1) is 12.7. The van der Waals surface area contributed by atoms with Crippen molar-refractivity contribution in [1.29, 1.82) is 0 Å². The molecule has 6 nitrogen and oxygen atoms in total. The van der Waals surface area contributed by atoms with E-state index in [0.717, 1.165) is 54.6 Å². The maximum atomic E-state index is 10.7. The number of carboxylic acid groups (broad SMARTS) is 1. The number of hydrogen-bond acceptors (Lipinski definition) is 5. The third-order valence-electron chi connectivity index (χ3n) is 4.61. The Hall–Kier alpha value is -3.02. The molecule has 0 spiro atoms. The number of aromatic nitrogens is 1. The predicted molar refractivity (Wildman–Crippen MR) is 102 cm³/mol. The summed E-state index contributed by atoms with van der Waals surface area (Å²) in [7, 11) is 0. The number of nitroso groups, excluding NO2 is 1. The van der Waals surface area contributed by atoms with Gasteiger partial charge in [-0.05, 0) is 48.6 Å². The SMILES string of the molecule is O=NCC1CCN(c2cccc(-c3cccc(/C=C/C(=O)O)c3)n2)CC1. The molecule has 0 unspecified atom stereocenters. The zero-order valence-electron chi connectivity index (χ0n) is 14.4. The Kier molecular flexibility index (Phi) is 5.73. The Labute approximate surface area is 152 Å². The lowest BCUT2D eigenvalue weighted by Crippen LogP contribution is -2.35. The molecule has 1 aliphatic heterocycles. The van der Waals surface area contributed by atoms with E-state index in [1.165, 1.54) is 0 Å². The number of carboxylic acids is 1. The van der Waals surface area contributed by atoms with Crippen molar-refractivity contribution >= 4 is 17.9 Å². The van der Waals surface area contributed by atoms with Crippen LogP contribution in [0.3, 0.4) is 0 Å². The van der Waals surface area contributed by atoms with Crippen molar-refractivity contribution in [2.24, 2.45) is 11.1 Å².